The number of rotatable bonds is 4. The zero-order chi connectivity index (χ0) is 13.1. The van der Waals surface area contributed by atoms with Gasteiger partial charge >= 0.3 is 6.18 Å². The average Bonchev–Trinajstić information content (AvgIpc) is 2.25. The van der Waals surface area contributed by atoms with Crippen molar-refractivity contribution in [1.82, 2.24) is 0 Å². The molecule has 1 rings (SSSR count). The van der Waals surface area contributed by atoms with E-state index in [1.807, 2.05) is 0 Å². The van der Waals surface area contributed by atoms with Gasteiger partial charge in [0.2, 0.25) is 0 Å². The third kappa shape index (κ3) is 4.19. The van der Waals surface area contributed by atoms with E-state index in [1.54, 1.807) is 31.2 Å². The quantitative estimate of drug-likeness (QED) is 0.838. The molecule has 0 saturated carbocycles. The van der Waals surface area contributed by atoms with Crippen molar-refractivity contribution < 1.29 is 13.2 Å². The van der Waals surface area contributed by atoms with Gasteiger partial charge in [0.25, 0.3) is 0 Å². The molecule has 6 heteroatoms. The van der Waals surface area contributed by atoms with Gasteiger partial charge < -0.3 is 5.73 Å². The van der Waals surface area contributed by atoms with Gasteiger partial charge in [-0.2, -0.15) is 13.2 Å². The van der Waals surface area contributed by atoms with Gasteiger partial charge in [-0.1, -0.05) is 19.1 Å². The van der Waals surface area contributed by atoms with E-state index in [9.17, 15) is 13.2 Å². The number of halogens is 4. The lowest BCUT2D eigenvalue weighted by Gasteiger charge is -2.25. The molecule has 2 N–H and O–H groups in total. The van der Waals surface area contributed by atoms with E-state index in [4.69, 9.17) is 5.73 Å². The fourth-order valence-electron chi connectivity index (χ4n) is 1.29. The predicted octanol–water partition coefficient (Wildman–Crippen LogP) is 4.21. The SMILES string of the molecule is CCC(N)C(Sc1ccccc1Br)C(F)(F)F. The van der Waals surface area contributed by atoms with E-state index in [0.717, 1.165) is 11.8 Å². The Balaban J connectivity index is 2.91. The van der Waals surface area contributed by atoms with Crippen LogP contribution in [-0.4, -0.2) is 17.5 Å². The fourth-order valence-corrected chi connectivity index (χ4v) is 2.97. The highest BCUT2D eigenvalue weighted by molar-refractivity contribution is 9.10. The molecule has 0 spiro atoms. The highest BCUT2D eigenvalue weighted by Crippen LogP contribution is 2.39. The first kappa shape index (κ1) is 14.9. The second-order valence-corrected chi connectivity index (χ2v) is 5.62. The number of nitrogens with two attached hydrogens (primary N) is 1. The first-order valence-corrected chi connectivity index (χ1v) is 6.77. The third-order valence-electron chi connectivity index (χ3n) is 2.27. The normalized spacial score (nSPS) is 15.6. The molecule has 0 aliphatic carbocycles. The summed E-state index contributed by atoms with van der Waals surface area (Å²) >= 11 is 3.99. The zero-order valence-electron chi connectivity index (χ0n) is 9.17. The summed E-state index contributed by atoms with van der Waals surface area (Å²) in [6, 6.07) is 5.93. The van der Waals surface area contributed by atoms with Crippen LogP contribution in [0, 0.1) is 0 Å². The van der Waals surface area contributed by atoms with Crippen LogP contribution in [0.4, 0.5) is 13.2 Å². The Kier molecular flexibility index (Phi) is 5.34. The summed E-state index contributed by atoms with van der Waals surface area (Å²) in [5.41, 5.74) is 5.55. The van der Waals surface area contributed by atoms with Crippen molar-refractivity contribution in [2.45, 2.75) is 35.7 Å². The second kappa shape index (κ2) is 6.11. The monoisotopic (exact) mass is 327 g/mol. The number of hydrogen-bond donors (Lipinski definition) is 1. The van der Waals surface area contributed by atoms with E-state index in [-0.39, 0.29) is 0 Å². The van der Waals surface area contributed by atoms with E-state index < -0.39 is 17.5 Å². The molecule has 2 unspecified atom stereocenters. The van der Waals surface area contributed by atoms with E-state index in [1.165, 1.54) is 0 Å². The summed E-state index contributed by atoms with van der Waals surface area (Å²) in [6.07, 6.45) is -4.00. The van der Waals surface area contributed by atoms with Crippen LogP contribution in [0.25, 0.3) is 0 Å². The molecule has 0 fully saturated rings. The summed E-state index contributed by atoms with van der Waals surface area (Å²) in [4.78, 5) is 0.554. The van der Waals surface area contributed by atoms with Crippen molar-refractivity contribution in [2.75, 3.05) is 0 Å². The number of thioether (sulfide) groups is 1. The van der Waals surface area contributed by atoms with Crippen molar-refractivity contribution in [3.8, 4) is 0 Å². The van der Waals surface area contributed by atoms with Crippen LogP contribution in [-0.2, 0) is 0 Å². The molecule has 1 aromatic carbocycles. The fraction of sp³-hybridized carbons (Fsp3) is 0.455. The lowest BCUT2D eigenvalue weighted by Crippen LogP contribution is -2.42. The molecule has 1 nitrogen and oxygen atoms in total. The van der Waals surface area contributed by atoms with Crippen LogP contribution in [0.1, 0.15) is 13.3 Å². The van der Waals surface area contributed by atoms with Crippen LogP contribution in [0.3, 0.4) is 0 Å². The van der Waals surface area contributed by atoms with E-state index >= 15 is 0 Å². The third-order valence-corrected chi connectivity index (χ3v) is 4.71. The van der Waals surface area contributed by atoms with Crippen LogP contribution in [0.15, 0.2) is 33.6 Å². The van der Waals surface area contributed by atoms with Crippen LogP contribution in [0.2, 0.25) is 0 Å². The van der Waals surface area contributed by atoms with Gasteiger partial charge in [-0.15, -0.1) is 11.8 Å². The Morgan fingerprint density at radius 3 is 2.41 bits per heavy atom. The van der Waals surface area contributed by atoms with Gasteiger partial charge in [0.15, 0.2) is 0 Å². The number of hydrogen-bond acceptors (Lipinski definition) is 2. The largest absolute Gasteiger partial charge is 0.402 e. The van der Waals surface area contributed by atoms with Gasteiger partial charge in [-0.05, 0) is 34.5 Å². The molecular formula is C11H13BrF3NS. The first-order chi connectivity index (χ1) is 7.86. The van der Waals surface area contributed by atoms with Crippen molar-refractivity contribution in [3.05, 3.63) is 28.7 Å². The van der Waals surface area contributed by atoms with Crippen molar-refractivity contribution in [1.29, 1.82) is 0 Å². The molecule has 2 atom stereocenters. The lowest BCUT2D eigenvalue weighted by atomic mass is 10.1. The van der Waals surface area contributed by atoms with Crippen LogP contribution < -0.4 is 5.73 Å². The average molecular weight is 328 g/mol. The first-order valence-electron chi connectivity index (χ1n) is 5.09. The van der Waals surface area contributed by atoms with Crippen LogP contribution >= 0.6 is 27.7 Å². The summed E-state index contributed by atoms with van der Waals surface area (Å²) < 4.78 is 39.2. The van der Waals surface area contributed by atoms with Gasteiger partial charge in [-0.3, -0.25) is 0 Å². The van der Waals surface area contributed by atoms with Gasteiger partial charge in [-0.25, -0.2) is 0 Å². The molecule has 0 bridgehead atoms. The molecular weight excluding hydrogens is 315 g/mol. The summed E-state index contributed by atoms with van der Waals surface area (Å²) in [5, 5.41) is -1.58. The molecule has 1 aromatic rings. The maximum Gasteiger partial charge on any atom is 0.402 e. The Bertz CT molecular complexity index is 370. The number of benzene rings is 1. The summed E-state index contributed by atoms with van der Waals surface area (Å²) in [7, 11) is 0. The molecule has 0 saturated heterocycles. The standard InChI is InChI=1S/C11H13BrF3NS/c1-2-8(16)10(11(13,14)15)17-9-6-4-3-5-7(9)12/h3-6,8,10H,2,16H2,1H3. The maximum absolute atomic E-state index is 12.9. The minimum atomic E-state index is -4.30. The van der Waals surface area contributed by atoms with Gasteiger partial charge in [0.05, 0.1) is 0 Å². The summed E-state index contributed by atoms with van der Waals surface area (Å²) in [6.45, 7) is 1.66. The molecule has 0 amide bonds. The molecule has 0 heterocycles. The van der Waals surface area contributed by atoms with E-state index in [2.05, 4.69) is 15.9 Å². The minimum absolute atomic E-state index is 0.293. The van der Waals surface area contributed by atoms with Crippen molar-refractivity contribution in [2.24, 2.45) is 5.73 Å². The zero-order valence-corrected chi connectivity index (χ0v) is 11.6. The topological polar surface area (TPSA) is 26.0 Å². The highest BCUT2D eigenvalue weighted by Gasteiger charge is 2.43. The molecule has 0 aliphatic rings. The smallest absolute Gasteiger partial charge is 0.326 e. The maximum atomic E-state index is 12.9. The molecule has 17 heavy (non-hydrogen) atoms. The van der Waals surface area contributed by atoms with Crippen molar-refractivity contribution in [3.63, 3.8) is 0 Å². The Hall–Kier alpha value is -0.200. The highest BCUT2D eigenvalue weighted by atomic mass is 79.9. The van der Waals surface area contributed by atoms with Gasteiger partial charge in [0.1, 0.15) is 5.25 Å². The van der Waals surface area contributed by atoms with E-state index in [0.29, 0.717) is 15.8 Å². The molecule has 0 aliphatic heterocycles. The van der Waals surface area contributed by atoms with Crippen molar-refractivity contribution >= 4 is 27.7 Å². The Morgan fingerprint density at radius 1 is 1.35 bits per heavy atom. The van der Waals surface area contributed by atoms with Crippen LogP contribution in [0.5, 0.6) is 0 Å². The molecule has 0 aromatic heterocycles. The predicted molar refractivity (Wildman–Crippen MR) is 68.1 cm³/mol. The second-order valence-electron chi connectivity index (χ2n) is 3.58. The molecule has 96 valence electrons. The number of alkyl halides is 3. The lowest BCUT2D eigenvalue weighted by molar-refractivity contribution is -0.132. The summed E-state index contributed by atoms with van der Waals surface area (Å²) in [5.74, 6) is 0. The van der Waals surface area contributed by atoms with Gasteiger partial charge in [0, 0.05) is 15.4 Å². The molecule has 0 radical (unpaired) electrons. The Morgan fingerprint density at radius 2 is 1.94 bits per heavy atom. The Labute approximate surface area is 111 Å². The minimum Gasteiger partial charge on any atom is -0.326 e.